The zero-order valence-corrected chi connectivity index (χ0v) is 5.60. The Morgan fingerprint density at radius 3 is 3.00 bits per heavy atom. The average Bonchev–Trinajstić information content (AvgIpc) is 2.35. The van der Waals surface area contributed by atoms with Crippen LogP contribution in [-0.2, 0) is 4.79 Å². The van der Waals surface area contributed by atoms with E-state index in [1.807, 2.05) is 0 Å². The summed E-state index contributed by atoms with van der Waals surface area (Å²) in [5, 5.41) is 17.3. The van der Waals surface area contributed by atoms with Crippen molar-refractivity contribution in [1.29, 1.82) is 0 Å². The molecule has 0 aromatic carbocycles. The Morgan fingerprint density at radius 2 is 2.55 bits per heavy atom. The standard InChI is InChI=1S/C6H7NO4/c8-4(1-6(9)10)5-2-7-3-11-5/h2-4,8H,1H2,(H,9,10)/t4-/m0/s1. The van der Waals surface area contributed by atoms with E-state index in [-0.39, 0.29) is 12.2 Å². The molecule has 0 aliphatic rings. The minimum absolute atomic E-state index is 0.174. The number of rotatable bonds is 3. The number of carboxylic acid groups (broad SMARTS) is 1. The van der Waals surface area contributed by atoms with Crippen LogP contribution in [0.25, 0.3) is 0 Å². The lowest BCUT2D eigenvalue weighted by Gasteiger charge is -2.00. The molecule has 0 saturated heterocycles. The first-order valence-corrected chi connectivity index (χ1v) is 2.98. The number of hydrogen-bond acceptors (Lipinski definition) is 4. The SMILES string of the molecule is O=C(O)C[C@H](O)c1cnco1. The number of nitrogens with zero attached hydrogens (tertiary/aromatic N) is 1. The number of aliphatic hydroxyl groups excluding tert-OH is 1. The second-order valence-electron chi connectivity index (χ2n) is 2.02. The van der Waals surface area contributed by atoms with Crippen LogP contribution in [0.15, 0.2) is 17.0 Å². The summed E-state index contributed by atoms with van der Waals surface area (Å²) in [6.07, 6.45) is 0.957. The average molecular weight is 157 g/mol. The lowest BCUT2D eigenvalue weighted by molar-refractivity contribution is -0.139. The van der Waals surface area contributed by atoms with E-state index in [2.05, 4.69) is 9.40 Å². The van der Waals surface area contributed by atoms with Gasteiger partial charge in [-0.25, -0.2) is 4.98 Å². The molecular weight excluding hydrogens is 150 g/mol. The van der Waals surface area contributed by atoms with Crippen LogP contribution < -0.4 is 0 Å². The minimum atomic E-state index is -1.10. The molecule has 60 valence electrons. The Bertz CT molecular complexity index is 231. The molecular formula is C6H7NO4. The van der Waals surface area contributed by atoms with E-state index in [4.69, 9.17) is 10.2 Å². The lowest BCUT2D eigenvalue weighted by atomic mass is 10.2. The van der Waals surface area contributed by atoms with E-state index < -0.39 is 12.1 Å². The second-order valence-corrected chi connectivity index (χ2v) is 2.02. The number of aliphatic carboxylic acids is 1. The zero-order chi connectivity index (χ0) is 8.27. The molecule has 0 aliphatic carbocycles. The first-order chi connectivity index (χ1) is 5.20. The molecule has 1 aromatic rings. The maximum Gasteiger partial charge on any atom is 0.306 e. The first-order valence-electron chi connectivity index (χ1n) is 2.98. The first kappa shape index (κ1) is 7.74. The van der Waals surface area contributed by atoms with Crippen LogP contribution in [0.4, 0.5) is 0 Å². The fourth-order valence-electron chi connectivity index (χ4n) is 0.656. The van der Waals surface area contributed by atoms with Crippen LogP contribution in [0.2, 0.25) is 0 Å². The highest BCUT2D eigenvalue weighted by molar-refractivity contribution is 5.67. The van der Waals surface area contributed by atoms with Crippen molar-refractivity contribution in [2.75, 3.05) is 0 Å². The highest BCUT2D eigenvalue weighted by Gasteiger charge is 2.14. The molecule has 0 radical (unpaired) electrons. The van der Waals surface area contributed by atoms with Crippen molar-refractivity contribution in [3.05, 3.63) is 18.4 Å². The third-order valence-electron chi connectivity index (χ3n) is 1.15. The van der Waals surface area contributed by atoms with E-state index in [0.29, 0.717) is 0 Å². The van der Waals surface area contributed by atoms with Gasteiger partial charge < -0.3 is 14.6 Å². The van der Waals surface area contributed by atoms with Gasteiger partial charge in [-0.3, -0.25) is 4.79 Å². The number of carboxylic acids is 1. The lowest BCUT2D eigenvalue weighted by Crippen LogP contribution is -2.04. The van der Waals surface area contributed by atoms with Crippen molar-refractivity contribution in [2.45, 2.75) is 12.5 Å². The smallest absolute Gasteiger partial charge is 0.306 e. The van der Waals surface area contributed by atoms with Gasteiger partial charge in [0.25, 0.3) is 0 Å². The summed E-state index contributed by atoms with van der Waals surface area (Å²) in [7, 11) is 0. The van der Waals surface area contributed by atoms with Gasteiger partial charge in [-0.2, -0.15) is 0 Å². The highest BCUT2D eigenvalue weighted by Crippen LogP contribution is 2.14. The fraction of sp³-hybridized carbons (Fsp3) is 0.333. The summed E-state index contributed by atoms with van der Waals surface area (Å²) >= 11 is 0. The number of aliphatic hydroxyl groups is 1. The summed E-state index contributed by atoms with van der Waals surface area (Å²) in [4.78, 5) is 13.6. The predicted molar refractivity (Wildman–Crippen MR) is 33.7 cm³/mol. The number of aromatic nitrogens is 1. The normalized spacial score (nSPS) is 12.8. The summed E-state index contributed by atoms with van der Waals surface area (Å²) in [6.45, 7) is 0. The van der Waals surface area contributed by atoms with Gasteiger partial charge in [0.2, 0.25) is 0 Å². The van der Waals surface area contributed by atoms with Crippen molar-refractivity contribution in [1.82, 2.24) is 4.98 Å². The Labute approximate surface area is 62.3 Å². The molecule has 0 spiro atoms. The number of hydrogen-bond donors (Lipinski definition) is 2. The van der Waals surface area contributed by atoms with Gasteiger partial charge in [-0.15, -0.1) is 0 Å². The molecule has 1 rings (SSSR count). The molecule has 1 aromatic heterocycles. The Morgan fingerprint density at radius 1 is 1.82 bits per heavy atom. The Kier molecular flexibility index (Phi) is 2.22. The van der Waals surface area contributed by atoms with Gasteiger partial charge >= 0.3 is 5.97 Å². The molecule has 1 atom stereocenters. The number of carbonyl (C=O) groups is 1. The molecule has 0 saturated carbocycles. The van der Waals surface area contributed by atoms with Gasteiger partial charge in [-0.05, 0) is 0 Å². The van der Waals surface area contributed by atoms with Crippen molar-refractivity contribution in [3.8, 4) is 0 Å². The Balaban J connectivity index is 2.56. The molecule has 0 aliphatic heterocycles. The minimum Gasteiger partial charge on any atom is -0.481 e. The molecule has 0 amide bonds. The largest absolute Gasteiger partial charge is 0.481 e. The van der Waals surface area contributed by atoms with Gasteiger partial charge in [0.15, 0.2) is 12.2 Å². The molecule has 0 bridgehead atoms. The summed E-state index contributed by atoms with van der Waals surface area (Å²) in [6, 6.07) is 0. The molecule has 0 unspecified atom stereocenters. The van der Waals surface area contributed by atoms with E-state index >= 15 is 0 Å². The van der Waals surface area contributed by atoms with Crippen molar-refractivity contribution in [2.24, 2.45) is 0 Å². The van der Waals surface area contributed by atoms with Gasteiger partial charge in [0.05, 0.1) is 12.6 Å². The molecule has 11 heavy (non-hydrogen) atoms. The van der Waals surface area contributed by atoms with Crippen molar-refractivity contribution < 1.29 is 19.4 Å². The maximum absolute atomic E-state index is 10.1. The monoisotopic (exact) mass is 157 g/mol. The summed E-state index contributed by atoms with van der Waals surface area (Å²) < 4.78 is 4.67. The van der Waals surface area contributed by atoms with Crippen molar-refractivity contribution >= 4 is 5.97 Å². The summed E-state index contributed by atoms with van der Waals surface area (Å²) in [5.41, 5.74) is 0. The highest BCUT2D eigenvalue weighted by atomic mass is 16.4. The summed E-state index contributed by atoms with van der Waals surface area (Å²) in [5.74, 6) is -0.902. The fourth-order valence-corrected chi connectivity index (χ4v) is 0.656. The Hall–Kier alpha value is -1.36. The topological polar surface area (TPSA) is 83.6 Å². The zero-order valence-electron chi connectivity index (χ0n) is 5.60. The van der Waals surface area contributed by atoms with Crippen LogP contribution in [-0.4, -0.2) is 21.2 Å². The molecule has 2 N–H and O–H groups in total. The maximum atomic E-state index is 10.1. The van der Waals surface area contributed by atoms with Gasteiger partial charge in [-0.1, -0.05) is 0 Å². The quantitative estimate of drug-likeness (QED) is 0.653. The van der Waals surface area contributed by atoms with E-state index in [1.165, 1.54) is 6.20 Å². The van der Waals surface area contributed by atoms with Gasteiger partial charge in [0, 0.05) is 0 Å². The molecule has 5 heteroatoms. The van der Waals surface area contributed by atoms with Crippen LogP contribution in [0.3, 0.4) is 0 Å². The molecule has 5 nitrogen and oxygen atoms in total. The van der Waals surface area contributed by atoms with E-state index in [9.17, 15) is 4.79 Å². The van der Waals surface area contributed by atoms with Crippen LogP contribution in [0.5, 0.6) is 0 Å². The van der Waals surface area contributed by atoms with E-state index in [1.54, 1.807) is 0 Å². The molecule has 1 heterocycles. The van der Waals surface area contributed by atoms with Crippen LogP contribution in [0.1, 0.15) is 18.3 Å². The van der Waals surface area contributed by atoms with Crippen molar-refractivity contribution in [3.63, 3.8) is 0 Å². The van der Waals surface area contributed by atoms with Gasteiger partial charge in [0.1, 0.15) is 6.10 Å². The third-order valence-corrected chi connectivity index (χ3v) is 1.15. The second kappa shape index (κ2) is 3.16. The third kappa shape index (κ3) is 2.05. The molecule has 0 fully saturated rings. The predicted octanol–water partition coefficient (Wildman–Crippen LogP) is 0.183. The van der Waals surface area contributed by atoms with Crippen LogP contribution >= 0.6 is 0 Å². The number of oxazole rings is 1. The van der Waals surface area contributed by atoms with E-state index in [0.717, 1.165) is 6.39 Å². The van der Waals surface area contributed by atoms with Crippen LogP contribution in [0, 0.1) is 0 Å².